The Morgan fingerprint density at radius 2 is 1.83 bits per heavy atom. The zero-order chi connectivity index (χ0) is 23.9. The van der Waals surface area contributed by atoms with E-state index in [1.54, 1.807) is 15.4 Å². The molecule has 0 bridgehead atoms. The summed E-state index contributed by atoms with van der Waals surface area (Å²) < 4.78 is 9.56. The van der Waals surface area contributed by atoms with Gasteiger partial charge in [-0.05, 0) is 43.2 Å². The molecule has 0 unspecified atom stereocenters. The molecule has 35 heavy (non-hydrogen) atoms. The Kier molecular flexibility index (Phi) is 5.02. The van der Waals surface area contributed by atoms with E-state index in [1.807, 2.05) is 55.5 Å². The third-order valence-corrected chi connectivity index (χ3v) is 6.38. The number of carbonyl (C=O) groups is 1. The second-order valence-corrected chi connectivity index (χ2v) is 8.63. The van der Waals surface area contributed by atoms with E-state index in [1.165, 1.54) is 5.56 Å². The molecule has 5 aromatic rings. The van der Waals surface area contributed by atoms with Gasteiger partial charge in [-0.15, -0.1) is 15.3 Å². The van der Waals surface area contributed by atoms with Crippen LogP contribution in [0.3, 0.4) is 0 Å². The molecule has 1 atom stereocenters. The minimum Gasteiger partial charge on any atom is -0.489 e. The van der Waals surface area contributed by atoms with Crippen LogP contribution in [0, 0.1) is 13.8 Å². The summed E-state index contributed by atoms with van der Waals surface area (Å²) in [5.41, 5.74) is 4.82. The summed E-state index contributed by atoms with van der Waals surface area (Å²) in [4.78, 5) is 12.8. The lowest BCUT2D eigenvalue weighted by molar-refractivity contribution is -0.116. The fraction of sp³-hybridized carbons (Fsp3) is 0.192. The third kappa shape index (κ3) is 3.71. The van der Waals surface area contributed by atoms with E-state index >= 15 is 0 Å². The Balaban J connectivity index is 1.37. The summed E-state index contributed by atoms with van der Waals surface area (Å²) in [6.45, 7) is 4.36. The lowest BCUT2D eigenvalue weighted by Crippen LogP contribution is -2.25. The van der Waals surface area contributed by atoms with Crippen molar-refractivity contribution in [2.75, 3.05) is 5.32 Å². The predicted octanol–water partition coefficient (Wildman–Crippen LogP) is 3.98. The molecule has 1 aliphatic rings. The highest BCUT2D eigenvalue weighted by molar-refractivity contribution is 5.94. The van der Waals surface area contributed by atoms with Crippen molar-refractivity contribution in [3.63, 3.8) is 0 Å². The van der Waals surface area contributed by atoms with Crippen molar-refractivity contribution < 1.29 is 9.53 Å². The fourth-order valence-corrected chi connectivity index (χ4v) is 4.50. The van der Waals surface area contributed by atoms with Crippen molar-refractivity contribution in [2.24, 2.45) is 0 Å². The van der Waals surface area contributed by atoms with Crippen LogP contribution in [0.1, 0.15) is 40.4 Å². The molecule has 1 N–H and O–H groups in total. The number of hydrogen-bond donors (Lipinski definition) is 1. The highest BCUT2D eigenvalue weighted by Gasteiger charge is 2.32. The van der Waals surface area contributed by atoms with Crippen LogP contribution in [0.25, 0.3) is 11.5 Å². The fourth-order valence-electron chi connectivity index (χ4n) is 4.50. The largest absolute Gasteiger partial charge is 0.489 e. The van der Waals surface area contributed by atoms with Gasteiger partial charge in [0.2, 0.25) is 5.91 Å². The molecular formula is C26H23N7O2. The Labute approximate surface area is 201 Å². The zero-order valence-electron chi connectivity index (χ0n) is 19.3. The molecule has 4 heterocycles. The van der Waals surface area contributed by atoms with Gasteiger partial charge < -0.3 is 10.1 Å². The van der Waals surface area contributed by atoms with Crippen molar-refractivity contribution in [1.82, 2.24) is 29.6 Å². The van der Waals surface area contributed by atoms with Crippen LogP contribution in [0.15, 0.2) is 66.9 Å². The number of fused-ring (bicyclic) bond motifs is 2. The lowest BCUT2D eigenvalue weighted by Gasteiger charge is -2.25. The van der Waals surface area contributed by atoms with Gasteiger partial charge in [0.25, 0.3) is 0 Å². The Bertz CT molecular complexity index is 1570. The molecule has 0 fully saturated rings. The topological polar surface area (TPSA) is 99.2 Å². The molecule has 3 aromatic heterocycles. The second-order valence-electron chi connectivity index (χ2n) is 8.63. The van der Waals surface area contributed by atoms with Crippen molar-refractivity contribution in [3.05, 3.63) is 94.9 Å². The highest BCUT2D eigenvalue weighted by atomic mass is 16.5. The van der Waals surface area contributed by atoms with Crippen LogP contribution in [0.2, 0.25) is 0 Å². The molecule has 1 amide bonds. The molecule has 0 aliphatic carbocycles. The first-order valence-electron chi connectivity index (χ1n) is 11.4. The maximum Gasteiger partial charge on any atom is 0.226 e. The van der Waals surface area contributed by atoms with E-state index in [9.17, 15) is 4.79 Å². The van der Waals surface area contributed by atoms with Gasteiger partial charge >= 0.3 is 0 Å². The summed E-state index contributed by atoms with van der Waals surface area (Å²) in [6.07, 6.45) is 2.10. The first-order chi connectivity index (χ1) is 17.1. The maximum atomic E-state index is 12.8. The molecule has 2 aromatic carbocycles. The van der Waals surface area contributed by atoms with Crippen molar-refractivity contribution >= 4 is 17.4 Å². The van der Waals surface area contributed by atoms with Gasteiger partial charge in [-0.25, -0.2) is 0 Å². The molecule has 0 saturated heterocycles. The number of benzene rings is 2. The van der Waals surface area contributed by atoms with Crippen molar-refractivity contribution in [3.8, 4) is 11.6 Å². The molecule has 174 valence electrons. The van der Waals surface area contributed by atoms with Crippen molar-refractivity contribution in [1.29, 1.82) is 0 Å². The van der Waals surface area contributed by atoms with Gasteiger partial charge in [-0.3, -0.25) is 4.79 Å². The molecule has 0 spiro atoms. The third-order valence-electron chi connectivity index (χ3n) is 6.38. The average Bonchev–Trinajstić information content (AvgIpc) is 3.46. The minimum absolute atomic E-state index is 0.0838. The Hall–Kier alpha value is -4.53. The Morgan fingerprint density at radius 3 is 2.71 bits per heavy atom. The van der Waals surface area contributed by atoms with Gasteiger partial charge in [0, 0.05) is 23.5 Å². The number of amides is 1. The van der Waals surface area contributed by atoms with E-state index < -0.39 is 0 Å². The monoisotopic (exact) mass is 465 g/mol. The summed E-state index contributed by atoms with van der Waals surface area (Å²) in [6, 6.07) is 19.7. The summed E-state index contributed by atoms with van der Waals surface area (Å²) >= 11 is 0. The quantitative estimate of drug-likeness (QED) is 0.422. The first-order valence-corrected chi connectivity index (χ1v) is 11.4. The van der Waals surface area contributed by atoms with E-state index in [0.29, 0.717) is 36.1 Å². The zero-order valence-corrected chi connectivity index (χ0v) is 19.3. The number of rotatable bonds is 5. The van der Waals surface area contributed by atoms with Gasteiger partial charge in [0.05, 0.1) is 6.20 Å². The minimum atomic E-state index is -0.194. The van der Waals surface area contributed by atoms with Crippen LogP contribution in [0.4, 0.5) is 5.82 Å². The Morgan fingerprint density at radius 1 is 1.00 bits per heavy atom. The number of nitrogens with zero attached hydrogens (tertiary/aromatic N) is 6. The first kappa shape index (κ1) is 21.0. The summed E-state index contributed by atoms with van der Waals surface area (Å²) in [5.74, 6) is 2.32. The van der Waals surface area contributed by atoms with E-state index in [0.717, 1.165) is 22.4 Å². The van der Waals surface area contributed by atoms with Crippen LogP contribution in [-0.2, 0) is 11.4 Å². The standard InChI is InChI=1S/C26H23N7O2/c1-16-7-3-4-8-18(16)15-35-22-10-6-5-9-19(22)20-13-25(34)28-26-21(20)14-27-33(26)24-12-11-23-30-29-17(2)32(23)31-24/h3-12,14,20H,13,15H2,1-2H3,(H,28,34)/t20-/m1/s1. The number of aromatic nitrogens is 6. The van der Waals surface area contributed by atoms with Crippen LogP contribution in [0.5, 0.6) is 5.75 Å². The average molecular weight is 466 g/mol. The van der Waals surface area contributed by atoms with Gasteiger partial charge in [0.15, 0.2) is 17.3 Å². The van der Waals surface area contributed by atoms with Crippen LogP contribution in [-0.4, -0.2) is 35.5 Å². The van der Waals surface area contributed by atoms with E-state index in [-0.39, 0.29) is 11.8 Å². The number of ether oxygens (including phenoxy) is 1. The molecular weight excluding hydrogens is 442 g/mol. The number of para-hydroxylation sites is 1. The van der Waals surface area contributed by atoms with E-state index in [2.05, 4.69) is 44.8 Å². The molecule has 1 aliphatic heterocycles. The summed E-state index contributed by atoms with van der Waals surface area (Å²) in [7, 11) is 0. The number of anilines is 1. The molecule has 0 radical (unpaired) electrons. The number of nitrogens with one attached hydrogen (secondary N) is 1. The van der Waals surface area contributed by atoms with Crippen LogP contribution < -0.4 is 10.1 Å². The number of carbonyl (C=O) groups excluding carboxylic acids is 1. The maximum absolute atomic E-state index is 12.8. The molecule has 0 saturated carbocycles. The second kappa shape index (κ2) is 8.35. The predicted molar refractivity (Wildman–Crippen MR) is 130 cm³/mol. The number of aryl methyl sites for hydroxylation is 2. The highest BCUT2D eigenvalue weighted by Crippen LogP contribution is 2.41. The molecule has 6 rings (SSSR count). The van der Waals surface area contributed by atoms with E-state index in [4.69, 9.17) is 4.74 Å². The van der Waals surface area contributed by atoms with Crippen molar-refractivity contribution in [2.45, 2.75) is 32.8 Å². The van der Waals surface area contributed by atoms with Gasteiger partial charge in [0.1, 0.15) is 18.2 Å². The number of hydrogen-bond acceptors (Lipinski definition) is 6. The SMILES string of the molecule is Cc1ccccc1COc1ccccc1[C@H]1CC(=O)Nc2c1cnn2-c1ccc2nnc(C)n2n1. The van der Waals surface area contributed by atoms with Gasteiger partial charge in [-0.2, -0.15) is 14.3 Å². The molecule has 9 heteroatoms. The normalized spacial score (nSPS) is 15.1. The summed E-state index contributed by atoms with van der Waals surface area (Å²) in [5, 5.41) is 20.3. The van der Waals surface area contributed by atoms with Gasteiger partial charge in [-0.1, -0.05) is 42.5 Å². The lowest BCUT2D eigenvalue weighted by atomic mass is 9.87. The molecule has 9 nitrogen and oxygen atoms in total. The van der Waals surface area contributed by atoms with Crippen LogP contribution >= 0.6 is 0 Å². The smallest absolute Gasteiger partial charge is 0.226 e.